The Morgan fingerprint density at radius 3 is 2.33 bits per heavy atom. The summed E-state index contributed by atoms with van der Waals surface area (Å²) in [6.45, 7) is 14.5. The molecule has 6 rings (SSSR count). The van der Waals surface area contributed by atoms with Gasteiger partial charge in [-0.3, -0.25) is 4.79 Å². The summed E-state index contributed by atoms with van der Waals surface area (Å²) < 4.78 is 0. The summed E-state index contributed by atoms with van der Waals surface area (Å²) in [6.07, 6.45) is 13.0. The number of carboxylic acid groups (broad SMARTS) is 1. The average Bonchev–Trinajstić information content (AvgIpc) is 3.44. The Hall–Kier alpha value is -0.830. The second-order valence-electron chi connectivity index (χ2n) is 15.3. The number of carbonyl (C=O) groups is 1. The molecule has 0 aromatic carbocycles. The van der Waals surface area contributed by atoms with E-state index in [2.05, 4.69) is 47.6 Å². The minimum absolute atomic E-state index is 0.0147. The third kappa shape index (κ3) is 2.54. The number of aliphatic hydroxyl groups is 1. The van der Waals surface area contributed by atoms with Gasteiger partial charge in [0.15, 0.2) is 0 Å². The largest absolute Gasteiger partial charge is 0.481 e. The third-order valence-electron chi connectivity index (χ3n) is 13.2. The monoisotopic (exact) mass is 454 g/mol. The van der Waals surface area contributed by atoms with E-state index in [-0.39, 0.29) is 33.2 Å². The van der Waals surface area contributed by atoms with Crippen molar-refractivity contribution in [3.8, 4) is 0 Å². The van der Waals surface area contributed by atoms with Crippen LogP contribution < -0.4 is 0 Å². The molecule has 6 aliphatic rings. The highest BCUT2D eigenvalue weighted by atomic mass is 16.4. The van der Waals surface area contributed by atoms with Crippen LogP contribution in [0.15, 0.2) is 11.6 Å². The highest BCUT2D eigenvalue weighted by Gasteiger charge is 2.77. The number of aliphatic hydroxyl groups excluding tert-OH is 1. The summed E-state index contributed by atoms with van der Waals surface area (Å²) in [4.78, 5) is 12.8. The third-order valence-corrected chi connectivity index (χ3v) is 13.2. The van der Waals surface area contributed by atoms with Gasteiger partial charge in [-0.2, -0.15) is 0 Å². The van der Waals surface area contributed by atoms with Crippen LogP contribution in [0.1, 0.15) is 106 Å². The Labute approximate surface area is 200 Å². The van der Waals surface area contributed by atoms with Crippen LogP contribution >= 0.6 is 0 Å². The Kier molecular flexibility index (Phi) is 4.31. The molecule has 33 heavy (non-hydrogen) atoms. The second-order valence-corrected chi connectivity index (χ2v) is 15.3. The van der Waals surface area contributed by atoms with Crippen molar-refractivity contribution >= 4 is 5.97 Å². The van der Waals surface area contributed by atoms with Crippen molar-refractivity contribution in [2.45, 2.75) is 112 Å². The van der Waals surface area contributed by atoms with E-state index in [9.17, 15) is 15.0 Å². The second kappa shape index (κ2) is 6.29. The van der Waals surface area contributed by atoms with E-state index in [1.54, 1.807) is 5.57 Å². The van der Waals surface area contributed by atoms with Gasteiger partial charge in [0, 0.05) is 0 Å². The summed E-state index contributed by atoms with van der Waals surface area (Å²) in [6, 6.07) is 0. The molecular weight excluding hydrogens is 408 g/mol. The lowest BCUT2D eigenvalue weighted by atomic mass is 9.37. The molecular formula is C30H46O3. The zero-order chi connectivity index (χ0) is 23.8. The first-order valence-electron chi connectivity index (χ1n) is 13.9. The first-order valence-corrected chi connectivity index (χ1v) is 13.9. The zero-order valence-electron chi connectivity index (χ0n) is 21.8. The minimum Gasteiger partial charge on any atom is -0.481 e. The summed E-state index contributed by atoms with van der Waals surface area (Å²) >= 11 is 0. The van der Waals surface area contributed by atoms with E-state index in [0.717, 1.165) is 38.5 Å². The van der Waals surface area contributed by atoms with Crippen LogP contribution in [0.4, 0.5) is 0 Å². The minimum atomic E-state index is -0.533. The van der Waals surface area contributed by atoms with Gasteiger partial charge < -0.3 is 10.2 Å². The molecule has 3 heteroatoms. The number of rotatable bonds is 1. The molecule has 184 valence electrons. The summed E-state index contributed by atoms with van der Waals surface area (Å²) in [5, 5.41) is 21.4. The maximum absolute atomic E-state index is 12.8. The van der Waals surface area contributed by atoms with Crippen LogP contribution in [0.5, 0.6) is 0 Å². The van der Waals surface area contributed by atoms with Crippen LogP contribution in [0.3, 0.4) is 0 Å². The van der Waals surface area contributed by atoms with Gasteiger partial charge in [-0.1, -0.05) is 53.2 Å². The van der Waals surface area contributed by atoms with Crippen LogP contribution in [0.2, 0.25) is 0 Å². The highest BCUT2D eigenvalue weighted by molar-refractivity contribution is 5.77. The molecule has 3 nitrogen and oxygen atoms in total. The lowest BCUT2D eigenvalue weighted by Gasteiger charge is -2.68. The molecule has 9 atom stereocenters. The van der Waals surface area contributed by atoms with Crippen LogP contribution in [-0.4, -0.2) is 22.3 Å². The highest BCUT2D eigenvalue weighted by Crippen LogP contribution is 2.83. The fraction of sp³-hybridized carbons (Fsp3) is 0.900. The number of carboxylic acids is 1. The molecule has 6 aliphatic carbocycles. The Morgan fingerprint density at radius 1 is 0.909 bits per heavy atom. The fourth-order valence-corrected chi connectivity index (χ4v) is 11.4. The predicted molar refractivity (Wildman–Crippen MR) is 130 cm³/mol. The Morgan fingerprint density at radius 2 is 1.64 bits per heavy atom. The molecule has 0 saturated heterocycles. The summed E-state index contributed by atoms with van der Waals surface area (Å²) in [7, 11) is 0. The molecule has 0 bridgehead atoms. The zero-order valence-corrected chi connectivity index (χ0v) is 21.8. The molecule has 0 aromatic rings. The van der Waals surface area contributed by atoms with Gasteiger partial charge >= 0.3 is 5.97 Å². The van der Waals surface area contributed by atoms with Gasteiger partial charge in [0.25, 0.3) is 0 Å². The molecule has 0 radical (unpaired) electrons. The van der Waals surface area contributed by atoms with Crippen molar-refractivity contribution in [3.63, 3.8) is 0 Å². The predicted octanol–water partition coefficient (Wildman–Crippen LogP) is 6.84. The van der Waals surface area contributed by atoms with Crippen molar-refractivity contribution in [2.24, 2.45) is 56.2 Å². The van der Waals surface area contributed by atoms with E-state index in [1.807, 2.05) is 0 Å². The first-order chi connectivity index (χ1) is 15.2. The average molecular weight is 455 g/mol. The maximum Gasteiger partial charge on any atom is 0.310 e. The Balaban J connectivity index is 1.44. The first kappa shape index (κ1) is 22.6. The van der Waals surface area contributed by atoms with Gasteiger partial charge in [0.1, 0.15) is 0 Å². The van der Waals surface area contributed by atoms with E-state index >= 15 is 0 Å². The van der Waals surface area contributed by atoms with Crippen molar-refractivity contribution in [1.29, 1.82) is 0 Å². The van der Waals surface area contributed by atoms with Crippen LogP contribution in [0, 0.1) is 56.2 Å². The van der Waals surface area contributed by atoms with Crippen molar-refractivity contribution in [2.75, 3.05) is 0 Å². The molecule has 0 unspecified atom stereocenters. The molecule has 5 saturated carbocycles. The van der Waals surface area contributed by atoms with Gasteiger partial charge in [-0.25, -0.2) is 0 Å². The maximum atomic E-state index is 12.8. The molecule has 5 fully saturated rings. The molecule has 0 aliphatic heterocycles. The molecule has 0 aromatic heterocycles. The van der Waals surface area contributed by atoms with Crippen LogP contribution in [-0.2, 0) is 4.79 Å². The van der Waals surface area contributed by atoms with Gasteiger partial charge in [-0.05, 0) is 115 Å². The Bertz CT molecular complexity index is 931. The fourth-order valence-electron chi connectivity index (χ4n) is 11.4. The quantitative estimate of drug-likeness (QED) is 0.426. The number of fused-ring (bicyclic) bond motifs is 5. The van der Waals surface area contributed by atoms with Crippen LogP contribution in [0.25, 0.3) is 0 Å². The van der Waals surface area contributed by atoms with E-state index in [1.165, 1.54) is 25.7 Å². The summed E-state index contributed by atoms with van der Waals surface area (Å²) in [5.74, 6) is 1.70. The van der Waals surface area contributed by atoms with Gasteiger partial charge in [-0.15, -0.1) is 0 Å². The van der Waals surface area contributed by atoms with E-state index in [0.29, 0.717) is 23.7 Å². The number of allylic oxidation sites excluding steroid dienone is 2. The standard InChI is InChI=1S/C30H46O3/c1-25(2)13-14-29(24(32)33)12-8-20-28(6)10-7-19-26(3,4)23(31)9-11-27(19,5)21(28)15-18-16-30(18,20)22(29)17-25/h8,18-19,21-23,31H,7,9-17H2,1-6H3,(H,32,33)/t18-,19-,21-,22-,23+,27-,28+,29-,30-/m1/s1. The lowest BCUT2D eigenvalue weighted by Crippen LogP contribution is -2.62. The lowest BCUT2D eigenvalue weighted by molar-refractivity contribution is -0.181. The topological polar surface area (TPSA) is 57.5 Å². The normalized spacial score (nSPS) is 55.6. The van der Waals surface area contributed by atoms with Gasteiger partial charge in [0.05, 0.1) is 11.5 Å². The van der Waals surface area contributed by atoms with Crippen molar-refractivity contribution < 1.29 is 15.0 Å². The number of hydrogen-bond donors (Lipinski definition) is 2. The smallest absolute Gasteiger partial charge is 0.310 e. The number of aliphatic carboxylic acids is 1. The molecule has 0 heterocycles. The SMILES string of the molecule is CC1(C)CC[C@]2(C(=O)O)CC=C3[C@]4(C[C@H]4C[C@@H]4[C@]5(C)CC[C@H](O)C(C)(C)[C@H]5CC[C@@]34C)[C@@H]2C1. The molecule has 2 N–H and O–H groups in total. The number of hydrogen-bond acceptors (Lipinski definition) is 2. The molecule has 0 amide bonds. The molecule has 1 spiro atoms. The van der Waals surface area contributed by atoms with Crippen molar-refractivity contribution in [3.05, 3.63) is 11.6 Å². The van der Waals surface area contributed by atoms with E-state index in [4.69, 9.17) is 0 Å². The van der Waals surface area contributed by atoms with E-state index < -0.39 is 11.4 Å². The van der Waals surface area contributed by atoms with Crippen molar-refractivity contribution in [1.82, 2.24) is 0 Å². The summed E-state index contributed by atoms with van der Waals surface area (Å²) in [5.41, 5.74) is 2.03. The van der Waals surface area contributed by atoms with Gasteiger partial charge in [0.2, 0.25) is 0 Å².